The molecule has 1 rings (SSSR count). The van der Waals surface area contributed by atoms with Crippen LogP contribution in [0.5, 0.6) is 0 Å². The predicted octanol–water partition coefficient (Wildman–Crippen LogP) is 0.684. The Bertz CT molecular complexity index is 173. The van der Waals surface area contributed by atoms with Crippen molar-refractivity contribution >= 4 is 6.09 Å². The zero-order chi connectivity index (χ0) is 9.68. The van der Waals surface area contributed by atoms with Gasteiger partial charge >= 0.3 is 6.09 Å². The second kappa shape index (κ2) is 5.07. The summed E-state index contributed by atoms with van der Waals surface area (Å²) in [5.74, 6) is 0.645. The van der Waals surface area contributed by atoms with Crippen molar-refractivity contribution in [2.45, 2.75) is 12.8 Å². The van der Waals surface area contributed by atoms with Crippen LogP contribution in [0.3, 0.4) is 0 Å². The van der Waals surface area contributed by atoms with Crippen molar-refractivity contribution < 1.29 is 9.53 Å². The van der Waals surface area contributed by atoms with Crippen LogP contribution in [0.2, 0.25) is 0 Å². The first-order valence-electron chi connectivity index (χ1n) is 4.75. The van der Waals surface area contributed by atoms with E-state index < -0.39 is 0 Å². The van der Waals surface area contributed by atoms with Gasteiger partial charge in [0.15, 0.2) is 0 Å². The van der Waals surface area contributed by atoms with Gasteiger partial charge in [-0.1, -0.05) is 0 Å². The number of nitrogens with one attached hydrogen (secondary N) is 1. The average Bonchev–Trinajstić information content (AvgIpc) is 2.62. The second-order valence-corrected chi connectivity index (χ2v) is 3.46. The summed E-state index contributed by atoms with van der Waals surface area (Å²) in [5.41, 5.74) is 0. The van der Waals surface area contributed by atoms with Crippen LogP contribution in [0, 0.1) is 5.92 Å². The minimum Gasteiger partial charge on any atom is -0.453 e. The molecular weight excluding hydrogens is 168 g/mol. The molecule has 1 heterocycles. The lowest BCUT2D eigenvalue weighted by atomic mass is 10.1. The van der Waals surface area contributed by atoms with Crippen LogP contribution in [0.15, 0.2) is 0 Å². The summed E-state index contributed by atoms with van der Waals surface area (Å²) in [6, 6.07) is 0. The predicted molar refractivity (Wildman–Crippen MR) is 50.6 cm³/mol. The van der Waals surface area contributed by atoms with Crippen LogP contribution in [0.1, 0.15) is 12.8 Å². The van der Waals surface area contributed by atoms with E-state index in [1.54, 1.807) is 4.90 Å². The quantitative estimate of drug-likeness (QED) is 0.705. The number of likely N-dealkylation sites (tertiary alicyclic amines) is 1. The second-order valence-electron chi connectivity index (χ2n) is 3.46. The van der Waals surface area contributed by atoms with Gasteiger partial charge in [0.1, 0.15) is 0 Å². The molecular formula is C9H18N2O2. The van der Waals surface area contributed by atoms with E-state index in [0.29, 0.717) is 5.92 Å². The summed E-state index contributed by atoms with van der Waals surface area (Å²) in [4.78, 5) is 12.9. The molecule has 0 aromatic carbocycles. The number of ether oxygens (including phenoxy) is 1. The Morgan fingerprint density at radius 2 is 2.46 bits per heavy atom. The van der Waals surface area contributed by atoms with Gasteiger partial charge in [0, 0.05) is 13.1 Å². The summed E-state index contributed by atoms with van der Waals surface area (Å²) in [5, 5.41) is 3.12. The van der Waals surface area contributed by atoms with E-state index in [-0.39, 0.29) is 6.09 Å². The summed E-state index contributed by atoms with van der Waals surface area (Å²) in [6.07, 6.45) is 2.06. The summed E-state index contributed by atoms with van der Waals surface area (Å²) < 4.78 is 4.66. The summed E-state index contributed by atoms with van der Waals surface area (Å²) in [7, 11) is 3.39. The normalized spacial score (nSPS) is 22.0. The molecule has 0 aromatic heterocycles. The highest BCUT2D eigenvalue weighted by molar-refractivity contribution is 5.67. The first-order chi connectivity index (χ1) is 6.27. The molecule has 4 nitrogen and oxygen atoms in total. The lowest BCUT2D eigenvalue weighted by molar-refractivity contribution is 0.131. The number of hydrogen-bond donors (Lipinski definition) is 1. The molecule has 1 amide bonds. The van der Waals surface area contributed by atoms with Gasteiger partial charge in [-0.3, -0.25) is 0 Å². The highest BCUT2D eigenvalue weighted by atomic mass is 16.5. The summed E-state index contributed by atoms with van der Waals surface area (Å²) in [6.45, 7) is 2.73. The molecule has 13 heavy (non-hydrogen) atoms. The van der Waals surface area contributed by atoms with Gasteiger partial charge in [-0.2, -0.15) is 0 Å². The molecule has 1 unspecified atom stereocenters. The number of nitrogens with zero attached hydrogens (tertiary/aromatic N) is 1. The fourth-order valence-electron chi connectivity index (χ4n) is 1.71. The third kappa shape index (κ3) is 2.88. The van der Waals surface area contributed by atoms with Crippen LogP contribution < -0.4 is 5.32 Å². The van der Waals surface area contributed by atoms with E-state index in [1.807, 2.05) is 7.05 Å². The van der Waals surface area contributed by atoms with Gasteiger partial charge in [-0.25, -0.2) is 4.79 Å². The Hall–Kier alpha value is -0.770. The Kier molecular flexibility index (Phi) is 4.02. The summed E-state index contributed by atoms with van der Waals surface area (Å²) >= 11 is 0. The van der Waals surface area contributed by atoms with Gasteiger partial charge in [-0.15, -0.1) is 0 Å². The zero-order valence-electron chi connectivity index (χ0n) is 8.38. The molecule has 0 aliphatic carbocycles. The molecule has 1 aliphatic heterocycles. The van der Waals surface area contributed by atoms with Gasteiger partial charge in [-0.05, 0) is 32.4 Å². The first-order valence-corrected chi connectivity index (χ1v) is 4.75. The lowest BCUT2D eigenvalue weighted by Gasteiger charge is -2.14. The highest BCUT2D eigenvalue weighted by Gasteiger charge is 2.25. The lowest BCUT2D eigenvalue weighted by Crippen LogP contribution is -2.28. The Balaban J connectivity index is 2.23. The third-order valence-corrected chi connectivity index (χ3v) is 2.52. The maximum Gasteiger partial charge on any atom is 0.409 e. The maximum atomic E-state index is 11.1. The standard InChI is InChI=1S/C9H18N2O2/c1-10-5-3-8-4-6-11(7-8)9(12)13-2/h8,10H,3-7H2,1-2H3. The Morgan fingerprint density at radius 3 is 3.08 bits per heavy atom. The number of rotatable bonds is 3. The molecule has 0 saturated carbocycles. The van der Waals surface area contributed by atoms with E-state index in [1.165, 1.54) is 7.11 Å². The van der Waals surface area contributed by atoms with Crippen molar-refractivity contribution in [3.8, 4) is 0 Å². The largest absolute Gasteiger partial charge is 0.453 e. The van der Waals surface area contributed by atoms with Gasteiger partial charge < -0.3 is 15.0 Å². The van der Waals surface area contributed by atoms with E-state index in [9.17, 15) is 4.79 Å². The van der Waals surface area contributed by atoms with E-state index >= 15 is 0 Å². The van der Waals surface area contributed by atoms with Crippen LogP contribution in [0.25, 0.3) is 0 Å². The molecule has 1 N–H and O–H groups in total. The fraction of sp³-hybridized carbons (Fsp3) is 0.889. The molecule has 1 fully saturated rings. The monoisotopic (exact) mass is 186 g/mol. The molecule has 0 aromatic rings. The average molecular weight is 186 g/mol. The van der Waals surface area contributed by atoms with Crippen LogP contribution in [0.4, 0.5) is 4.79 Å². The zero-order valence-corrected chi connectivity index (χ0v) is 8.38. The maximum absolute atomic E-state index is 11.1. The first kappa shape index (κ1) is 10.3. The highest BCUT2D eigenvalue weighted by Crippen LogP contribution is 2.19. The molecule has 1 atom stereocenters. The molecule has 0 bridgehead atoms. The Morgan fingerprint density at radius 1 is 1.69 bits per heavy atom. The molecule has 1 aliphatic rings. The number of amides is 1. The third-order valence-electron chi connectivity index (χ3n) is 2.52. The van der Waals surface area contributed by atoms with Gasteiger partial charge in [0.25, 0.3) is 0 Å². The van der Waals surface area contributed by atoms with Crippen LogP contribution >= 0.6 is 0 Å². The van der Waals surface area contributed by atoms with Gasteiger partial charge in [0.2, 0.25) is 0 Å². The number of carbonyl (C=O) groups excluding carboxylic acids is 1. The van der Waals surface area contributed by atoms with E-state index in [4.69, 9.17) is 0 Å². The molecule has 4 heteroatoms. The van der Waals surface area contributed by atoms with E-state index in [2.05, 4.69) is 10.1 Å². The minimum atomic E-state index is -0.188. The number of hydrogen-bond acceptors (Lipinski definition) is 3. The smallest absolute Gasteiger partial charge is 0.409 e. The fourth-order valence-corrected chi connectivity index (χ4v) is 1.71. The molecule has 0 radical (unpaired) electrons. The van der Waals surface area contributed by atoms with Crippen molar-refractivity contribution in [2.24, 2.45) is 5.92 Å². The minimum absolute atomic E-state index is 0.188. The number of methoxy groups -OCH3 is 1. The topological polar surface area (TPSA) is 41.6 Å². The van der Waals surface area contributed by atoms with Crippen molar-refractivity contribution in [2.75, 3.05) is 33.8 Å². The van der Waals surface area contributed by atoms with Gasteiger partial charge in [0.05, 0.1) is 7.11 Å². The van der Waals surface area contributed by atoms with Crippen molar-refractivity contribution in [3.63, 3.8) is 0 Å². The van der Waals surface area contributed by atoms with Crippen molar-refractivity contribution in [3.05, 3.63) is 0 Å². The Labute approximate surface area is 79.2 Å². The van der Waals surface area contributed by atoms with Crippen LogP contribution in [-0.2, 0) is 4.74 Å². The molecule has 1 saturated heterocycles. The van der Waals surface area contributed by atoms with Crippen molar-refractivity contribution in [1.82, 2.24) is 10.2 Å². The van der Waals surface area contributed by atoms with E-state index in [0.717, 1.165) is 32.5 Å². The number of carbonyl (C=O) groups is 1. The van der Waals surface area contributed by atoms with Crippen molar-refractivity contribution in [1.29, 1.82) is 0 Å². The SMILES string of the molecule is CNCCC1CCN(C(=O)OC)C1. The van der Waals surface area contributed by atoms with Crippen LogP contribution in [-0.4, -0.2) is 44.8 Å². The molecule has 76 valence electrons. The molecule has 0 spiro atoms.